The van der Waals surface area contributed by atoms with Crippen molar-refractivity contribution in [3.8, 4) is 0 Å². The van der Waals surface area contributed by atoms with Gasteiger partial charge < -0.3 is 9.52 Å². The van der Waals surface area contributed by atoms with Gasteiger partial charge in [0.1, 0.15) is 0 Å². The van der Waals surface area contributed by atoms with Crippen LogP contribution >= 0.6 is 0 Å². The molecule has 0 unspecified atom stereocenters. The fraction of sp³-hybridized carbons (Fsp3) is 0.500. The lowest BCUT2D eigenvalue weighted by atomic mass is 10.0. The first-order valence-corrected chi connectivity index (χ1v) is 6.36. The highest BCUT2D eigenvalue weighted by Gasteiger charge is 2.21. The van der Waals surface area contributed by atoms with E-state index in [0.29, 0.717) is 5.58 Å². The van der Waals surface area contributed by atoms with E-state index in [-0.39, 0.29) is 12.1 Å². The number of rotatable bonds is 5. The standard InChI is InChI=1S/C14H20N2O3/c1-14(2,9-17)16(3)7-6-10-4-5-12-11(8-10)15-13(18)19-12/h4-5,8,17H,6-7,9H2,1-3H3,(H,15,18). The Bertz CT molecular complexity index is 612. The van der Waals surface area contributed by atoms with Gasteiger partial charge in [0.2, 0.25) is 0 Å². The normalized spacial score (nSPS) is 12.5. The largest absolute Gasteiger partial charge is 0.417 e. The molecule has 104 valence electrons. The summed E-state index contributed by atoms with van der Waals surface area (Å²) in [6, 6.07) is 5.69. The fourth-order valence-corrected chi connectivity index (χ4v) is 1.87. The molecule has 0 aliphatic heterocycles. The van der Waals surface area contributed by atoms with Crippen molar-refractivity contribution in [3.05, 3.63) is 34.3 Å². The summed E-state index contributed by atoms with van der Waals surface area (Å²) in [7, 11) is 1.99. The Morgan fingerprint density at radius 3 is 2.84 bits per heavy atom. The molecule has 5 nitrogen and oxygen atoms in total. The molecule has 2 aromatic rings. The molecule has 1 heterocycles. The second-order valence-electron chi connectivity index (χ2n) is 5.49. The lowest BCUT2D eigenvalue weighted by Crippen LogP contribution is -2.45. The third-order valence-corrected chi connectivity index (χ3v) is 3.64. The molecule has 0 spiro atoms. The van der Waals surface area contributed by atoms with Crippen LogP contribution in [0.15, 0.2) is 27.4 Å². The van der Waals surface area contributed by atoms with Crippen LogP contribution in [0.4, 0.5) is 0 Å². The SMILES string of the molecule is CN(CCc1ccc2oc(=O)[nH]c2c1)C(C)(C)CO. The maximum atomic E-state index is 11.1. The van der Waals surface area contributed by atoms with Crippen molar-refractivity contribution in [1.82, 2.24) is 9.88 Å². The molecule has 0 saturated carbocycles. The predicted octanol–water partition coefficient (Wildman–Crippen LogP) is 1.37. The number of fused-ring (bicyclic) bond motifs is 1. The van der Waals surface area contributed by atoms with Gasteiger partial charge in [-0.25, -0.2) is 4.79 Å². The monoisotopic (exact) mass is 264 g/mol. The molecule has 5 heteroatoms. The lowest BCUT2D eigenvalue weighted by molar-refractivity contribution is 0.0801. The Balaban J connectivity index is 2.07. The van der Waals surface area contributed by atoms with E-state index < -0.39 is 5.76 Å². The maximum Gasteiger partial charge on any atom is 0.417 e. The topological polar surface area (TPSA) is 69.5 Å². The second-order valence-corrected chi connectivity index (χ2v) is 5.49. The molecule has 0 fully saturated rings. The minimum Gasteiger partial charge on any atom is -0.408 e. The van der Waals surface area contributed by atoms with Crippen LogP contribution in [0.25, 0.3) is 11.1 Å². The summed E-state index contributed by atoms with van der Waals surface area (Å²) in [5.41, 5.74) is 2.21. The van der Waals surface area contributed by atoms with Crippen LogP contribution in [-0.4, -0.2) is 40.7 Å². The summed E-state index contributed by atoms with van der Waals surface area (Å²) >= 11 is 0. The Hall–Kier alpha value is -1.59. The number of oxazole rings is 1. The Labute approximate surface area is 111 Å². The molecule has 0 saturated heterocycles. The van der Waals surface area contributed by atoms with E-state index in [2.05, 4.69) is 9.88 Å². The van der Waals surface area contributed by atoms with Crippen LogP contribution in [-0.2, 0) is 6.42 Å². The first kappa shape index (κ1) is 13.8. The molecule has 0 aliphatic rings. The number of benzene rings is 1. The van der Waals surface area contributed by atoms with Gasteiger partial charge in [0.05, 0.1) is 12.1 Å². The molecular weight excluding hydrogens is 244 g/mol. The third-order valence-electron chi connectivity index (χ3n) is 3.64. The molecule has 1 aromatic heterocycles. The quantitative estimate of drug-likeness (QED) is 0.855. The number of hydrogen-bond acceptors (Lipinski definition) is 4. The van der Waals surface area contributed by atoms with Crippen molar-refractivity contribution in [2.24, 2.45) is 0 Å². The number of nitrogens with one attached hydrogen (secondary N) is 1. The average molecular weight is 264 g/mol. The molecule has 0 radical (unpaired) electrons. The smallest absolute Gasteiger partial charge is 0.408 e. The van der Waals surface area contributed by atoms with Gasteiger partial charge in [0, 0.05) is 12.1 Å². The number of aliphatic hydroxyl groups excluding tert-OH is 1. The van der Waals surface area contributed by atoms with Gasteiger partial charge >= 0.3 is 5.76 Å². The summed E-state index contributed by atoms with van der Waals surface area (Å²) in [4.78, 5) is 15.9. The van der Waals surface area contributed by atoms with Crippen molar-refractivity contribution in [2.45, 2.75) is 25.8 Å². The molecule has 0 aliphatic carbocycles. The van der Waals surface area contributed by atoms with E-state index in [1.165, 1.54) is 0 Å². The average Bonchev–Trinajstić information content (AvgIpc) is 2.74. The van der Waals surface area contributed by atoms with Crippen molar-refractivity contribution in [1.29, 1.82) is 0 Å². The Morgan fingerprint density at radius 1 is 1.42 bits per heavy atom. The Kier molecular flexibility index (Phi) is 3.78. The number of aromatic amines is 1. The van der Waals surface area contributed by atoms with Crippen LogP contribution in [0, 0.1) is 0 Å². The van der Waals surface area contributed by atoms with Gasteiger partial charge in [-0.1, -0.05) is 6.07 Å². The molecule has 2 rings (SSSR count). The van der Waals surface area contributed by atoms with Gasteiger partial charge in [-0.2, -0.15) is 0 Å². The Morgan fingerprint density at radius 2 is 2.16 bits per heavy atom. The number of likely N-dealkylation sites (N-methyl/N-ethyl adjacent to an activating group) is 1. The molecule has 2 N–H and O–H groups in total. The van der Waals surface area contributed by atoms with Crippen molar-refractivity contribution >= 4 is 11.1 Å². The van der Waals surface area contributed by atoms with E-state index in [4.69, 9.17) is 4.42 Å². The number of aromatic nitrogens is 1. The summed E-state index contributed by atoms with van der Waals surface area (Å²) in [5, 5.41) is 9.31. The highest BCUT2D eigenvalue weighted by Crippen LogP contribution is 2.15. The van der Waals surface area contributed by atoms with E-state index in [1.54, 1.807) is 6.07 Å². The lowest BCUT2D eigenvalue weighted by Gasteiger charge is -2.33. The summed E-state index contributed by atoms with van der Waals surface area (Å²) in [6.07, 6.45) is 0.850. The zero-order valence-electron chi connectivity index (χ0n) is 11.6. The van der Waals surface area contributed by atoms with E-state index in [0.717, 1.165) is 24.0 Å². The van der Waals surface area contributed by atoms with Crippen molar-refractivity contribution < 1.29 is 9.52 Å². The maximum absolute atomic E-state index is 11.1. The van der Waals surface area contributed by atoms with Gasteiger partial charge in [0.25, 0.3) is 0 Å². The van der Waals surface area contributed by atoms with E-state index >= 15 is 0 Å². The fourth-order valence-electron chi connectivity index (χ4n) is 1.87. The third kappa shape index (κ3) is 3.05. The van der Waals surface area contributed by atoms with E-state index in [9.17, 15) is 9.90 Å². The minimum absolute atomic E-state index is 0.123. The van der Waals surface area contributed by atoms with Gasteiger partial charge in [0.15, 0.2) is 5.58 Å². The molecule has 19 heavy (non-hydrogen) atoms. The molecule has 0 amide bonds. The second kappa shape index (κ2) is 5.19. The highest BCUT2D eigenvalue weighted by molar-refractivity contribution is 5.72. The minimum atomic E-state index is -0.425. The number of hydrogen-bond donors (Lipinski definition) is 2. The van der Waals surface area contributed by atoms with Crippen LogP contribution in [0.1, 0.15) is 19.4 Å². The molecule has 1 aromatic carbocycles. The number of aliphatic hydroxyl groups is 1. The van der Waals surface area contributed by atoms with Gasteiger partial charge in [-0.3, -0.25) is 9.88 Å². The summed E-state index contributed by atoms with van der Waals surface area (Å²) in [6.45, 7) is 4.96. The van der Waals surface area contributed by atoms with Crippen LogP contribution in [0.3, 0.4) is 0 Å². The number of H-pyrrole nitrogens is 1. The molecule has 0 bridgehead atoms. The van der Waals surface area contributed by atoms with Crippen LogP contribution in [0.2, 0.25) is 0 Å². The van der Waals surface area contributed by atoms with E-state index in [1.807, 2.05) is 33.0 Å². The summed E-state index contributed by atoms with van der Waals surface area (Å²) in [5.74, 6) is -0.425. The zero-order chi connectivity index (χ0) is 14.0. The molecule has 0 atom stereocenters. The van der Waals surface area contributed by atoms with Gasteiger partial charge in [-0.15, -0.1) is 0 Å². The first-order valence-electron chi connectivity index (χ1n) is 6.36. The van der Waals surface area contributed by atoms with Crippen molar-refractivity contribution in [2.75, 3.05) is 20.2 Å². The van der Waals surface area contributed by atoms with Gasteiger partial charge in [-0.05, 0) is 45.0 Å². The van der Waals surface area contributed by atoms with Crippen LogP contribution < -0.4 is 5.76 Å². The number of nitrogens with zero attached hydrogens (tertiary/aromatic N) is 1. The van der Waals surface area contributed by atoms with Crippen molar-refractivity contribution in [3.63, 3.8) is 0 Å². The van der Waals surface area contributed by atoms with Crippen LogP contribution in [0.5, 0.6) is 0 Å². The predicted molar refractivity (Wildman–Crippen MR) is 74.3 cm³/mol. The zero-order valence-corrected chi connectivity index (χ0v) is 11.6. The molecular formula is C14H20N2O3. The first-order chi connectivity index (χ1) is 8.92. The summed E-state index contributed by atoms with van der Waals surface area (Å²) < 4.78 is 4.97. The highest BCUT2D eigenvalue weighted by atomic mass is 16.4.